The first-order valence-corrected chi connectivity index (χ1v) is 9.39. The number of guanidine groups is 1. The van der Waals surface area contributed by atoms with Crippen LogP contribution in [0.1, 0.15) is 70.2 Å². The zero-order chi connectivity index (χ0) is 16.9. The third-order valence-corrected chi connectivity index (χ3v) is 5.15. The van der Waals surface area contributed by atoms with Gasteiger partial charge in [0, 0.05) is 18.5 Å². The summed E-state index contributed by atoms with van der Waals surface area (Å²) in [7, 11) is 0. The van der Waals surface area contributed by atoms with E-state index < -0.39 is 0 Å². The maximum atomic E-state index is 5.91. The van der Waals surface area contributed by atoms with Crippen molar-refractivity contribution in [2.24, 2.45) is 4.99 Å². The molecule has 6 nitrogen and oxygen atoms in total. The summed E-state index contributed by atoms with van der Waals surface area (Å²) in [5, 5.41) is 11.0. The number of fused-ring (bicyclic) bond motifs is 2. The second-order valence-electron chi connectivity index (χ2n) is 6.79. The van der Waals surface area contributed by atoms with Crippen molar-refractivity contribution in [1.82, 2.24) is 15.8 Å². The Morgan fingerprint density at radius 1 is 1.33 bits per heavy atom. The summed E-state index contributed by atoms with van der Waals surface area (Å²) >= 11 is 0. The molecule has 6 heteroatoms. The minimum Gasteiger partial charge on any atom is -0.373 e. The van der Waals surface area contributed by atoms with E-state index in [-0.39, 0.29) is 0 Å². The lowest BCUT2D eigenvalue weighted by atomic mass is 9.96. The fourth-order valence-corrected chi connectivity index (χ4v) is 3.75. The maximum absolute atomic E-state index is 5.91. The largest absolute Gasteiger partial charge is 0.373 e. The molecule has 3 rings (SSSR count). The first-order chi connectivity index (χ1) is 11.7. The Bertz CT molecular complexity index is 553. The number of rotatable bonds is 7. The van der Waals surface area contributed by atoms with Gasteiger partial charge in [0.1, 0.15) is 6.54 Å². The Morgan fingerprint density at radius 3 is 2.79 bits per heavy atom. The van der Waals surface area contributed by atoms with E-state index in [1.54, 1.807) is 0 Å². The molecule has 2 saturated heterocycles. The molecule has 2 N–H and O–H groups in total. The fraction of sp³-hybridized carbons (Fsp3) is 0.778. The lowest BCUT2D eigenvalue weighted by molar-refractivity contribution is 0.0992. The van der Waals surface area contributed by atoms with E-state index in [2.05, 4.69) is 41.6 Å². The van der Waals surface area contributed by atoms with Crippen LogP contribution in [0.5, 0.6) is 0 Å². The summed E-state index contributed by atoms with van der Waals surface area (Å²) in [6.07, 6.45) is 6.38. The van der Waals surface area contributed by atoms with Gasteiger partial charge >= 0.3 is 0 Å². The van der Waals surface area contributed by atoms with Gasteiger partial charge in [-0.2, -0.15) is 0 Å². The molecule has 3 atom stereocenters. The van der Waals surface area contributed by atoms with Crippen molar-refractivity contribution < 1.29 is 9.26 Å². The van der Waals surface area contributed by atoms with Crippen LogP contribution in [0.2, 0.25) is 0 Å². The third kappa shape index (κ3) is 3.91. The van der Waals surface area contributed by atoms with Gasteiger partial charge < -0.3 is 19.9 Å². The summed E-state index contributed by atoms with van der Waals surface area (Å²) in [6.45, 7) is 7.79. The van der Waals surface area contributed by atoms with Crippen molar-refractivity contribution >= 4 is 5.96 Å². The average Bonchev–Trinajstić information content (AvgIpc) is 3.31. The second kappa shape index (κ2) is 8.01. The zero-order valence-corrected chi connectivity index (χ0v) is 15.0. The lowest BCUT2D eigenvalue weighted by Gasteiger charge is -2.22. The van der Waals surface area contributed by atoms with Crippen LogP contribution < -0.4 is 10.6 Å². The molecule has 3 heterocycles. The van der Waals surface area contributed by atoms with E-state index in [1.165, 1.54) is 6.42 Å². The number of nitrogens with one attached hydrogen (secondary N) is 2. The van der Waals surface area contributed by atoms with Gasteiger partial charge in [-0.1, -0.05) is 19.0 Å². The van der Waals surface area contributed by atoms with Crippen molar-refractivity contribution in [1.29, 1.82) is 0 Å². The SMILES string of the molecule is CCNC(=NCc1cc(C(CC)CC)no1)NC1CC2CCC1O2. The van der Waals surface area contributed by atoms with Crippen molar-refractivity contribution in [3.8, 4) is 0 Å². The first-order valence-electron chi connectivity index (χ1n) is 9.39. The van der Waals surface area contributed by atoms with Crippen LogP contribution in [0.3, 0.4) is 0 Å². The predicted molar refractivity (Wildman–Crippen MR) is 94.1 cm³/mol. The monoisotopic (exact) mass is 334 g/mol. The second-order valence-corrected chi connectivity index (χ2v) is 6.79. The molecule has 1 aromatic heterocycles. The standard InChI is InChI=1S/C18H30N4O2/c1-4-12(5-2)15-10-14(24-22-15)11-20-18(19-6-3)21-16-9-13-7-8-17(16)23-13/h10,12-13,16-17H,4-9,11H2,1-3H3,(H2,19,20,21). The quantitative estimate of drug-likeness (QED) is 0.592. The van der Waals surface area contributed by atoms with E-state index in [4.69, 9.17) is 9.26 Å². The van der Waals surface area contributed by atoms with E-state index in [0.717, 1.165) is 49.6 Å². The Morgan fingerprint density at radius 2 is 2.17 bits per heavy atom. The van der Waals surface area contributed by atoms with Crippen molar-refractivity contribution in [3.05, 3.63) is 17.5 Å². The average molecular weight is 334 g/mol. The van der Waals surface area contributed by atoms with E-state index in [1.807, 2.05) is 6.07 Å². The molecule has 0 amide bonds. The Balaban J connectivity index is 1.59. The minimum absolute atomic E-state index is 0.339. The third-order valence-electron chi connectivity index (χ3n) is 5.15. The molecule has 0 radical (unpaired) electrons. The number of aromatic nitrogens is 1. The van der Waals surface area contributed by atoms with Gasteiger partial charge in [0.25, 0.3) is 0 Å². The Labute approximate surface area is 144 Å². The summed E-state index contributed by atoms with van der Waals surface area (Å²) in [4.78, 5) is 4.66. The topological polar surface area (TPSA) is 71.7 Å². The first kappa shape index (κ1) is 17.3. The number of ether oxygens (including phenoxy) is 1. The van der Waals surface area contributed by atoms with Crippen molar-refractivity contribution in [3.63, 3.8) is 0 Å². The molecule has 0 aromatic carbocycles. The molecule has 134 valence electrons. The molecule has 0 spiro atoms. The molecule has 2 fully saturated rings. The molecule has 1 aromatic rings. The molecule has 24 heavy (non-hydrogen) atoms. The van der Waals surface area contributed by atoms with Gasteiger partial charge in [-0.15, -0.1) is 0 Å². The minimum atomic E-state index is 0.339. The summed E-state index contributed by atoms with van der Waals surface area (Å²) in [5.74, 6) is 2.13. The van der Waals surface area contributed by atoms with Gasteiger partial charge in [0.05, 0.1) is 23.9 Å². The van der Waals surface area contributed by atoms with E-state index in [9.17, 15) is 0 Å². The lowest BCUT2D eigenvalue weighted by Crippen LogP contribution is -2.47. The zero-order valence-electron chi connectivity index (χ0n) is 15.0. The highest BCUT2D eigenvalue weighted by Crippen LogP contribution is 2.34. The fourth-order valence-electron chi connectivity index (χ4n) is 3.75. The molecule has 2 bridgehead atoms. The van der Waals surface area contributed by atoms with E-state index >= 15 is 0 Å². The van der Waals surface area contributed by atoms with Crippen LogP contribution in [-0.4, -0.2) is 35.9 Å². The summed E-state index contributed by atoms with van der Waals surface area (Å²) in [6, 6.07) is 2.42. The molecule has 0 saturated carbocycles. The van der Waals surface area contributed by atoms with Gasteiger partial charge in [-0.05, 0) is 39.0 Å². The van der Waals surface area contributed by atoms with Gasteiger partial charge in [-0.3, -0.25) is 0 Å². The van der Waals surface area contributed by atoms with E-state index in [0.29, 0.717) is 30.7 Å². The molecule has 0 aliphatic carbocycles. The smallest absolute Gasteiger partial charge is 0.192 e. The van der Waals surface area contributed by atoms with Crippen molar-refractivity contribution in [2.45, 2.75) is 83.6 Å². The molecular weight excluding hydrogens is 304 g/mol. The highest BCUT2D eigenvalue weighted by molar-refractivity contribution is 5.80. The summed E-state index contributed by atoms with van der Waals surface area (Å²) in [5.41, 5.74) is 1.05. The molecular formula is C18H30N4O2. The van der Waals surface area contributed by atoms with Crippen LogP contribution in [0.4, 0.5) is 0 Å². The van der Waals surface area contributed by atoms with Crippen LogP contribution >= 0.6 is 0 Å². The van der Waals surface area contributed by atoms with Crippen molar-refractivity contribution in [2.75, 3.05) is 6.54 Å². The number of hydrogen-bond acceptors (Lipinski definition) is 4. The summed E-state index contributed by atoms with van der Waals surface area (Å²) < 4.78 is 11.4. The molecule has 2 aliphatic rings. The predicted octanol–water partition coefficient (Wildman–Crippen LogP) is 2.95. The van der Waals surface area contributed by atoms with Gasteiger partial charge in [0.15, 0.2) is 11.7 Å². The molecule has 2 aliphatic heterocycles. The number of aliphatic imine (C=N–C) groups is 1. The van der Waals surface area contributed by atoms with Crippen LogP contribution in [0.15, 0.2) is 15.6 Å². The Hall–Kier alpha value is -1.56. The molecule has 3 unspecified atom stereocenters. The highest BCUT2D eigenvalue weighted by atomic mass is 16.5. The van der Waals surface area contributed by atoms with Crippen LogP contribution in [0, 0.1) is 0 Å². The maximum Gasteiger partial charge on any atom is 0.192 e. The highest BCUT2D eigenvalue weighted by Gasteiger charge is 2.41. The number of nitrogens with zero attached hydrogens (tertiary/aromatic N) is 2. The van der Waals surface area contributed by atoms with Gasteiger partial charge in [0.2, 0.25) is 0 Å². The number of hydrogen-bond donors (Lipinski definition) is 2. The normalized spacial score (nSPS) is 26.3. The van der Waals surface area contributed by atoms with Crippen LogP contribution in [0.25, 0.3) is 0 Å². The van der Waals surface area contributed by atoms with Gasteiger partial charge in [-0.25, -0.2) is 4.99 Å². The van der Waals surface area contributed by atoms with Crippen LogP contribution in [-0.2, 0) is 11.3 Å². The Kier molecular flexibility index (Phi) is 5.76.